The van der Waals surface area contributed by atoms with Gasteiger partial charge in [-0.1, -0.05) is 12.1 Å². The van der Waals surface area contributed by atoms with Crippen molar-refractivity contribution in [3.8, 4) is 5.75 Å². The van der Waals surface area contributed by atoms with Gasteiger partial charge in [-0.3, -0.25) is 4.79 Å². The van der Waals surface area contributed by atoms with Crippen LogP contribution in [0.25, 0.3) is 0 Å². The molecule has 0 heterocycles. The molecular weight excluding hydrogens is 324 g/mol. The molecule has 1 amide bonds. The minimum atomic E-state index is -0.184. The molecule has 0 atom stereocenters. The zero-order valence-electron chi connectivity index (χ0n) is 13.8. The quantitative estimate of drug-likeness (QED) is 0.825. The summed E-state index contributed by atoms with van der Waals surface area (Å²) in [5.74, 6) is 0.571. The van der Waals surface area contributed by atoms with Crippen molar-refractivity contribution in [2.75, 3.05) is 17.7 Å². The van der Waals surface area contributed by atoms with E-state index in [0.717, 1.165) is 29.8 Å². The van der Waals surface area contributed by atoms with Crippen LogP contribution >= 0.6 is 12.4 Å². The number of nitrogens with one attached hydrogen (secondary N) is 1. The van der Waals surface area contributed by atoms with Gasteiger partial charge in [0.05, 0.1) is 0 Å². The van der Waals surface area contributed by atoms with Gasteiger partial charge in [0.25, 0.3) is 5.91 Å². The van der Waals surface area contributed by atoms with Crippen molar-refractivity contribution in [3.63, 3.8) is 0 Å². The average molecular weight is 347 g/mol. The van der Waals surface area contributed by atoms with Gasteiger partial charge in [-0.2, -0.15) is 0 Å². The molecule has 0 aromatic heterocycles. The van der Waals surface area contributed by atoms with Crippen LogP contribution in [0.3, 0.4) is 0 Å². The van der Waals surface area contributed by atoms with Crippen molar-refractivity contribution in [1.29, 1.82) is 0 Å². The molecule has 4 nitrogen and oxygen atoms in total. The van der Waals surface area contributed by atoms with Gasteiger partial charge in [0, 0.05) is 11.4 Å². The molecule has 0 saturated heterocycles. The van der Waals surface area contributed by atoms with Crippen LogP contribution in [0, 0.1) is 6.92 Å². The van der Waals surface area contributed by atoms with E-state index < -0.39 is 0 Å². The monoisotopic (exact) mass is 346 g/mol. The first kappa shape index (κ1) is 18.1. The summed E-state index contributed by atoms with van der Waals surface area (Å²) in [6.07, 6.45) is 4.73. The summed E-state index contributed by atoms with van der Waals surface area (Å²) in [6, 6.07) is 11.6. The van der Waals surface area contributed by atoms with Gasteiger partial charge in [-0.25, -0.2) is 0 Å². The molecule has 0 bridgehead atoms. The van der Waals surface area contributed by atoms with Crippen LogP contribution in [-0.4, -0.2) is 12.5 Å². The summed E-state index contributed by atoms with van der Waals surface area (Å²) in [4.78, 5) is 12.1. The first-order valence-corrected chi connectivity index (χ1v) is 8.02. The molecule has 0 radical (unpaired) electrons. The predicted molar refractivity (Wildman–Crippen MR) is 100 cm³/mol. The number of carbonyl (C=O) groups excluding carboxylic acids is 1. The number of benzene rings is 2. The SMILES string of the molecule is Cc1ccc(N)cc1NC(=O)COc1ccc2c(c1)CCCC2.Cl. The molecular formula is C19H23ClN2O2. The molecule has 128 valence electrons. The summed E-state index contributed by atoms with van der Waals surface area (Å²) < 4.78 is 5.63. The lowest BCUT2D eigenvalue weighted by atomic mass is 9.92. The molecule has 1 aliphatic carbocycles. The Kier molecular flexibility index (Phi) is 6.10. The number of halogens is 1. The molecule has 2 aromatic rings. The third kappa shape index (κ3) is 4.42. The second-order valence-electron chi connectivity index (χ2n) is 6.05. The fourth-order valence-electron chi connectivity index (χ4n) is 2.91. The lowest BCUT2D eigenvalue weighted by molar-refractivity contribution is -0.118. The summed E-state index contributed by atoms with van der Waals surface area (Å²) in [6.45, 7) is 1.92. The van der Waals surface area contributed by atoms with E-state index >= 15 is 0 Å². The maximum absolute atomic E-state index is 12.1. The molecule has 0 aliphatic heterocycles. The fourth-order valence-corrected chi connectivity index (χ4v) is 2.91. The Morgan fingerprint density at radius 1 is 1.12 bits per heavy atom. The predicted octanol–water partition coefficient (Wildman–Crippen LogP) is 3.90. The maximum atomic E-state index is 12.1. The molecule has 0 saturated carbocycles. The Bertz CT molecular complexity index is 731. The van der Waals surface area contributed by atoms with Gasteiger partial charge in [0.2, 0.25) is 0 Å². The smallest absolute Gasteiger partial charge is 0.262 e. The minimum absolute atomic E-state index is 0. The van der Waals surface area contributed by atoms with Gasteiger partial charge in [-0.05, 0) is 73.6 Å². The van der Waals surface area contributed by atoms with Gasteiger partial charge in [0.15, 0.2) is 6.61 Å². The normalized spacial score (nSPS) is 12.7. The van der Waals surface area contributed by atoms with Gasteiger partial charge >= 0.3 is 0 Å². The highest BCUT2D eigenvalue weighted by molar-refractivity contribution is 5.93. The van der Waals surface area contributed by atoms with E-state index in [2.05, 4.69) is 17.4 Å². The van der Waals surface area contributed by atoms with Crippen LogP contribution in [0.5, 0.6) is 5.75 Å². The van der Waals surface area contributed by atoms with Crippen LogP contribution in [-0.2, 0) is 17.6 Å². The molecule has 1 aliphatic rings. The second kappa shape index (κ2) is 8.06. The second-order valence-corrected chi connectivity index (χ2v) is 6.05. The topological polar surface area (TPSA) is 64.3 Å². The molecule has 3 rings (SSSR count). The van der Waals surface area contributed by atoms with Crippen molar-refractivity contribution in [2.45, 2.75) is 32.6 Å². The van der Waals surface area contributed by atoms with Crippen molar-refractivity contribution in [1.82, 2.24) is 0 Å². The molecule has 0 unspecified atom stereocenters. The maximum Gasteiger partial charge on any atom is 0.262 e. The van der Waals surface area contributed by atoms with Crippen molar-refractivity contribution < 1.29 is 9.53 Å². The molecule has 3 N–H and O–H groups in total. The van der Waals surface area contributed by atoms with E-state index in [9.17, 15) is 4.79 Å². The number of hydrogen-bond donors (Lipinski definition) is 2. The molecule has 0 spiro atoms. The van der Waals surface area contributed by atoms with Crippen LogP contribution in [0.2, 0.25) is 0 Å². The zero-order valence-corrected chi connectivity index (χ0v) is 14.6. The van der Waals surface area contributed by atoms with Crippen LogP contribution in [0.4, 0.5) is 11.4 Å². The highest BCUT2D eigenvalue weighted by atomic mass is 35.5. The Labute approximate surface area is 148 Å². The first-order valence-electron chi connectivity index (χ1n) is 8.02. The standard InChI is InChI=1S/C19H22N2O2.ClH/c1-13-6-8-16(20)11-18(13)21-19(22)12-23-17-9-7-14-4-2-3-5-15(14)10-17;/h6-11H,2-5,12,20H2,1H3,(H,21,22);1H. The highest BCUT2D eigenvalue weighted by Crippen LogP contribution is 2.25. The number of ether oxygens (including phenoxy) is 1. The van der Waals surface area contributed by atoms with E-state index in [4.69, 9.17) is 10.5 Å². The lowest BCUT2D eigenvalue weighted by Crippen LogP contribution is -2.20. The van der Waals surface area contributed by atoms with E-state index in [1.807, 2.05) is 25.1 Å². The number of nitrogen functional groups attached to an aromatic ring is 1. The van der Waals surface area contributed by atoms with Crippen LogP contribution < -0.4 is 15.8 Å². The molecule has 0 fully saturated rings. The van der Waals surface area contributed by atoms with Crippen LogP contribution in [0.1, 0.15) is 29.5 Å². The number of rotatable bonds is 4. The third-order valence-electron chi connectivity index (χ3n) is 4.23. The summed E-state index contributed by atoms with van der Waals surface area (Å²) in [5, 5.41) is 2.84. The van der Waals surface area contributed by atoms with Gasteiger partial charge < -0.3 is 15.8 Å². The largest absolute Gasteiger partial charge is 0.484 e. The molecule has 2 aromatic carbocycles. The van der Waals surface area contributed by atoms with Gasteiger partial charge in [0.1, 0.15) is 5.75 Å². The van der Waals surface area contributed by atoms with E-state index in [1.165, 1.54) is 24.0 Å². The Balaban J connectivity index is 0.00000208. The number of fused-ring (bicyclic) bond motifs is 1. The van der Waals surface area contributed by atoms with E-state index in [-0.39, 0.29) is 24.9 Å². The van der Waals surface area contributed by atoms with E-state index in [0.29, 0.717) is 5.69 Å². The van der Waals surface area contributed by atoms with Crippen LogP contribution in [0.15, 0.2) is 36.4 Å². The highest BCUT2D eigenvalue weighted by Gasteiger charge is 2.11. The molecule has 5 heteroatoms. The summed E-state index contributed by atoms with van der Waals surface area (Å²) in [5.41, 5.74) is 10.8. The number of hydrogen-bond acceptors (Lipinski definition) is 3. The van der Waals surface area contributed by atoms with E-state index in [1.54, 1.807) is 6.07 Å². The van der Waals surface area contributed by atoms with Crippen molar-refractivity contribution in [2.24, 2.45) is 0 Å². The average Bonchev–Trinajstić information content (AvgIpc) is 2.56. The van der Waals surface area contributed by atoms with Gasteiger partial charge in [-0.15, -0.1) is 12.4 Å². The lowest BCUT2D eigenvalue weighted by Gasteiger charge is -2.17. The Hall–Kier alpha value is -2.20. The number of amides is 1. The zero-order chi connectivity index (χ0) is 16.2. The van der Waals surface area contributed by atoms with Crippen molar-refractivity contribution in [3.05, 3.63) is 53.1 Å². The number of anilines is 2. The third-order valence-corrected chi connectivity index (χ3v) is 4.23. The van der Waals surface area contributed by atoms with Crippen molar-refractivity contribution >= 4 is 29.7 Å². The summed E-state index contributed by atoms with van der Waals surface area (Å²) in [7, 11) is 0. The number of carbonyl (C=O) groups is 1. The number of aryl methyl sites for hydroxylation is 3. The Morgan fingerprint density at radius 3 is 2.67 bits per heavy atom. The fraction of sp³-hybridized carbons (Fsp3) is 0.316. The summed E-state index contributed by atoms with van der Waals surface area (Å²) >= 11 is 0. The first-order chi connectivity index (χ1) is 11.1. The Morgan fingerprint density at radius 2 is 1.88 bits per heavy atom. The molecule has 24 heavy (non-hydrogen) atoms. The minimum Gasteiger partial charge on any atom is -0.484 e. The number of nitrogens with two attached hydrogens (primary N) is 1.